The molecule has 0 aliphatic rings. The number of phenolic OH excluding ortho intramolecular Hbond substituents is 2. The van der Waals surface area contributed by atoms with Crippen LogP contribution in [0.25, 0.3) is 0 Å². The van der Waals surface area contributed by atoms with Crippen LogP contribution in [0.4, 0.5) is 0 Å². The standard InChI is InChI=1S/C15H13O3P/c1-2-15(19-18,11-3-7-13(16)8-4-11)12-5-9-14(17)10-6-12/h2-10,16-17H,1H2. The van der Waals surface area contributed by atoms with Gasteiger partial charge in [-0.2, -0.15) is 0 Å². The summed E-state index contributed by atoms with van der Waals surface area (Å²) in [5.74, 6) is 0.296. The van der Waals surface area contributed by atoms with Gasteiger partial charge < -0.3 is 10.2 Å². The zero-order valence-corrected chi connectivity index (χ0v) is 11.0. The van der Waals surface area contributed by atoms with Gasteiger partial charge in [0, 0.05) is 0 Å². The molecular weight excluding hydrogens is 259 g/mol. The third-order valence-electron chi connectivity index (χ3n) is 3.05. The summed E-state index contributed by atoms with van der Waals surface area (Å²) < 4.78 is 11.7. The van der Waals surface area contributed by atoms with E-state index in [1.54, 1.807) is 54.6 Å². The zero-order valence-electron chi connectivity index (χ0n) is 10.2. The van der Waals surface area contributed by atoms with E-state index in [0.29, 0.717) is 0 Å². The van der Waals surface area contributed by atoms with Gasteiger partial charge in [-0.05, 0) is 35.4 Å². The fourth-order valence-corrected chi connectivity index (χ4v) is 2.56. The van der Waals surface area contributed by atoms with Crippen molar-refractivity contribution in [2.45, 2.75) is 5.16 Å². The molecule has 0 atom stereocenters. The largest absolute Gasteiger partial charge is 0.508 e. The molecule has 0 unspecified atom stereocenters. The van der Waals surface area contributed by atoms with Gasteiger partial charge in [-0.1, -0.05) is 30.3 Å². The molecule has 2 aromatic carbocycles. The van der Waals surface area contributed by atoms with Crippen LogP contribution in [0.3, 0.4) is 0 Å². The number of allylic oxidation sites excluding steroid dienone is 1. The molecule has 96 valence electrons. The summed E-state index contributed by atoms with van der Waals surface area (Å²) >= 11 is 0. The van der Waals surface area contributed by atoms with Crippen LogP contribution in [-0.4, -0.2) is 10.2 Å². The molecule has 0 saturated heterocycles. The minimum atomic E-state index is -0.888. The molecule has 0 spiro atoms. The fraction of sp³-hybridized carbons (Fsp3) is 0.0667. The molecule has 0 aliphatic carbocycles. The molecule has 0 aliphatic heterocycles. The lowest BCUT2D eigenvalue weighted by Crippen LogP contribution is -2.17. The Labute approximate surface area is 113 Å². The minimum Gasteiger partial charge on any atom is -0.508 e. The first-order chi connectivity index (χ1) is 9.12. The topological polar surface area (TPSA) is 57.5 Å². The highest BCUT2D eigenvalue weighted by Crippen LogP contribution is 2.43. The Hall–Kier alpha value is -2.12. The predicted octanol–water partition coefficient (Wildman–Crippen LogP) is 3.82. The molecular formula is C15H13O3P. The summed E-state index contributed by atoms with van der Waals surface area (Å²) in [5, 5.41) is 17.8. The molecule has 19 heavy (non-hydrogen) atoms. The van der Waals surface area contributed by atoms with E-state index in [1.165, 1.54) is 0 Å². The van der Waals surface area contributed by atoms with Crippen molar-refractivity contribution >= 4 is 8.46 Å². The molecule has 0 amide bonds. The summed E-state index contributed by atoms with van der Waals surface area (Å²) in [6, 6.07) is 13.0. The highest BCUT2D eigenvalue weighted by atomic mass is 31.1. The Bertz CT molecular complexity index is 532. The first-order valence-corrected chi connectivity index (χ1v) is 6.51. The second kappa shape index (κ2) is 5.25. The maximum absolute atomic E-state index is 11.7. The van der Waals surface area contributed by atoms with Crippen molar-refractivity contribution in [2.75, 3.05) is 0 Å². The van der Waals surface area contributed by atoms with E-state index in [-0.39, 0.29) is 20.0 Å². The third-order valence-corrected chi connectivity index (χ3v) is 4.04. The second-order valence-electron chi connectivity index (χ2n) is 4.16. The van der Waals surface area contributed by atoms with Crippen molar-refractivity contribution < 1.29 is 14.8 Å². The second-order valence-corrected chi connectivity index (χ2v) is 5.04. The van der Waals surface area contributed by atoms with Gasteiger partial charge in [-0.3, -0.25) is 4.57 Å². The van der Waals surface area contributed by atoms with Gasteiger partial charge in [0.15, 0.2) is 8.46 Å². The Morgan fingerprint density at radius 2 is 1.26 bits per heavy atom. The molecule has 0 fully saturated rings. The lowest BCUT2D eigenvalue weighted by Gasteiger charge is -2.24. The smallest absolute Gasteiger partial charge is 0.176 e. The van der Waals surface area contributed by atoms with Crippen molar-refractivity contribution in [3.05, 3.63) is 72.3 Å². The average molecular weight is 272 g/mol. The van der Waals surface area contributed by atoms with Crippen molar-refractivity contribution in [3.63, 3.8) is 0 Å². The first-order valence-electron chi connectivity index (χ1n) is 5.69. The van der Waals surface area contributed by atoms with Crippen LogP contribution in [0.1, 0.15) is 11.1 Å². The molecule has 2 aromatic rings. The third kappa shape index (κ3) is 2.38. The average Bonchev–Trinajstić information content (AvgIpc) is 2.44. The molecule has 2 rings (SSSR count). The SMILES string of the molecule is C=CC(P=O)(c1ccc(O)cc1)c1ccc(O)cc1. The summed E-state index contributed by atoms with van der Waals surface area (Å²) in [4.78, 5) is 0. The Kier molecular flexibility index (Phi) is 3.68. The number of hydrogen-bond donors (Lipinski definition) is 2. The molecule has 0 bridgehead atoms. The number of phenols is 2. The maximum atomic E-state index is 11.7. The van der Waals surface area contributed by atoms with Gasteiger partial charge in [0.05, 0.1) is 0 Å². The highest BCUT2D eigenvalue weighted by molar-refractivity contribution is 7.26. The lowest BCUT2D eigenvalue weighted by atomic mass is 9.90. The molecule has 3 nitrogen and oxygen atoms in total. The summed E-state index contributed by atoms with van der Waals surface area (Å²) in [6.45, 7) is 3.77. The van der Waals surface area contributed by atoms with E-state index < -0.39 is 5.16 Å². The molecule has 2 N–H and O–H groups in total. The number of hydrogen-bond acceptors (Lipinski definition) is 3. The van der Waals surface area contributed by atoms with Gasteiger partial charge >= 0.3 is 0 Å². The number of aromatic hydroxyl groups is 2. The number of benzene rings is 2. The summed E-state index contributed by atoms with van der Waals surface area (Å²) in [6.07, 6.45) is 1.60. The van der Waals surface area contributed by atoms with Crippen LogP contribution in [0.5, 0.6) is 11.5 Å². The quantitative estimate of drug-likeness (QED) is 0.657. The summed E-state index contributed by atoms with van der Waals surface area (Å²) in [5.41, 5.74) is 1.50. The van der Waals surface area contributed by atoms with Crippen LogP contribution < -0.4 is 0 Å². The van der Waals surface area contributed by atoms with Crippen LogP contribution in [0.15, 0.2) is 61.2 Å². The van der Waals surface area contributed by atoms with Crippen LogP contribution in [0, 0.1) is 0 Å². The van der Waals surface area contributed by atoms with Gasteiger partial charge in [0.25, 0.3) is 0 Å². The Morgan fingerprint density at radius 3 is 1.53 bits per heavy atom. The van der Waals surface area contributed by atoms with Crippen LogP contribution >= 0.6 is 8.46 Å². The highest BCUT2D eigenvalue weighted by Gasteiger charge is 2.32. The first kappa shape index (κ1) is 13.3. The van der Waals surface area contributed by atoms with Gasteiger partial charge in [-0.15, -0.1) is 6.58 Å². The van der Waals surface area contributed by atoms with Crippen molar-refractivity contribution in [2.24, 2.45) is 0 Å². The van der Waals surface area contributed by atoms with E-state index >= 15 is 0 Å². The van der Waals surface area contributed by atoms with E-state index in [1.807, 2.05) is 0 Å². The minimum absolute atomic E-state index is 0.130. The fourth-order valence-electron chi connectivity index (χ4n) is 1.98. The maximum Gasteiger partial charge on any atom is 0.176 e. The van der Waals surface area contributed by atoms with Gasteiger partial charge in [0.1, 0.15) is 16.7 Å². The molecule has 0 aromatic heterocycles. The van der Waals surface area contributed by atoms with Crippen LogP contribution in [0.2, 0.25) is 0 Å². The Morgan fingerprint density at radius 1 is 0.895 bits per heavy atom. The molecule has 0 saturated carbocycles. The van der Waals surface area contributed by atoms with Crippen LogP contribution in [-0.2, 0) is 9.72 Å². The normalized spacial score (nSPS) is 11.4. The molecule has 0 radical (unpaired) electrons. The summed E-state index contributed by atoms with van der Waals surface area (Å²) in [7, 11) is -0.130. The van der Waals surface area contributed by atoms with Crippen molar-refractivity contribution in [3.8, 4) is 11.5 Å². The van der Waals surface area contributed by atoms with Gasteiger partial charge in [0.2, 0.25) is 0 Å². The monoisotopic (exact) mass is 272 g/mol. The molecule has 4 heteroatoms. The number of rotatable bonds is 4. The van der Waals surface area contributed by atoms with E-state index in [9.17, 15) is 14.8 Å². The predicted molar refractivity (Wildman–Crippen MR) is 74.8 cm³/mol. The lowest BCUT2D eigenvalue weighted by molar-refractivity contribution is 0.475. The van der Waals surface area contributed by atoms with Crippen molar-refractivity contribution in [1.29, 1.82) is 0 Å². The van der Waals surface area contributed by atoms with E-state index in [0.717, 1.165) is 11.1 Å². The zero-order chi connectivity index (χ0) is 13.9. The Balaban J connectivity index is 2.60. The van der Waals surface area contributed by atoms with E-state index in [2.05, 4.69) is 6.58 Å². The van der Waals surface area contributed by atoms with Crippen molar-refractivity contribution in [1.82, 2.24) is 0 Å². The molecule has 0 heterocycles. The van der Waals surface area contributed by atoms with Gasteiger partial charge in [-0.25, -0.2) is 0 Å². The van der Waals surface area contributed by atoms with E-state index in [4.69, 9.17) is 0 Å².